The summed E-state index contributed by atoms with van der Waals surface area (Å²) < 4.78 is 33.4. The SMILES string of the molecule is Cc1ccc(OC(C)OCCOCCOCCOC(C)Oc2ccccc2)cc1. The molecule has 160 valence electrons. The predicted octanol–water partition coefficient (Wildman–Crippen LogP) is 4.21. The van der Waals surface area contributed by atoms with Gasteiger partial charge in [0.05, 0.1) is 39.6 Å². The monoisotopic (exact) mass is 404 g/mol. The van der Waals surface area contributed by atoms with Gasteiger partial charge in [0, 0.05) is 0 Å². The molecule has 2 atom stereocenters. The van der Waals surface area contributed by atoms with Crippen LogP contribution in [0.15, 0.2) is 54.6 Å². The molecular weight excluding hydrogens is 372 g/mol. The van der Waals surface area contributed by atoms with Crippen LogP contribution in [-0.4, -0.2) is 52.2 Å². The molecule has 2 aromatic rings. The summed E-state index contributed by atoms with van der Waals surface area (Å²) in [5.74, 6) is 1.58. The molecule has 0 bridgehead atoms. The van der Waals surface area contributed by atoms with Gasteiger partial charge in [0.2, 0.25) is 0 Å². The minimum absolute atomic E-state index is 0.321. The number of hydrogen-bond acceptors (Lipinski definition) is 6. The summed E-state index contributed by atoms with van der Waals surface area (Å²) in [5, 5.41) is 0. The second-order valence-corrected chi connectivity index (χ2v) is 6.46. The van der Waals surface area contributed by atoms with Crippen LogP contribution >= 0.6 is 0 Å². The molecule has 0 spiro atoms. The quantitative estimate of drug-likeness (QED) is 0.327. The zero-order valence-corrected chi connectivity index (χ0v) is 17.5. The lowest BCUT2D eigenvalue weighted by Crippen LogP contribution is -2.20. The third-order valence-electron chi connectivity index (χ3n) is 3.90. The standard InChI is InChI=1S/C23H32O6/c1-19-9-11-23(12-10-19)29-21(3)27-18-16-25-14-13-24-15-17-26-20(2)28-22-7-5-4-6-8-22/h4-12,20-21H,13-18H2,1-3H3. The number of para-hydroxylation sites is 1. The number of aryl methyl sites for hydroxylation is 1. The maximum Gasteiger partial charge on any atom is 0.197 e. The molecule has 0 aliphatic rings. The summed E-state index contributed by atoms with van der Waals surface area (Å²) in [4.78, 5) is 0. The number of benzene rings is 2. The van der Waals surface area contributed by atoms with Crippen molar-refractivity contribution in [2.75, 3.05) is 39.6 Å². The summed E-state index contributed by atoms with van der Waals surface area (Å²) >= 11 is 0. The van der Waals surface area contributed by atoms with Gasteiger partial charge in [0.1, 0.15) is 11.5 Å². The molecule has 2 rings (SSSR count). The first-order chi connectivity index (χ1) is 14.1. The topological polar surface area (TPSA) is 55.4 Å². The molecule has 2 aromatic carbocycles. The molecule has 29 heavy (non-hydrogen) atoms. The number of hydrogen-bond donors (Lipinski definition) is 0. The maximum absolute atomic E-state index is 5.67. The van der Waals surface area contributed by atoms with Crippen LogP contribution in [0.1, 0.15) is 19.4 Å². The normalized spacial score (nSPS) is 13.1. The fraction of sp³-hybridized carbons (Fsp3) is 0.478. The molecule has 0 amide bonds. The first kappa shape index (κ1) is 23.2. The van der Waals surface area contributed by atoms with Crippen molar-refractivity contribution in [3.8, 4) is 11.5 Å². The lowest BCUT2D eigenvalue weighted by Gasteiger charge is -2.16. The van der Waals surface area contributed by atoms with Crippen molar-refractivity contribution < 1.29 is 28.4 Å². The Kier molecular flexibility index (Phi) is 11.1. The van der Waals surface area contributed by atoms with Crippen molar-refractivity contribution in [2.24, 2.45) is 0 Å². The van der Waals surface area contributed by atoms with Gasteiger partial charge in [0.15, 0.2) is 12.6 Å². The van der Waals surface area contributed by atoms with Gasteiger partial charge in [-0.2, -0.15) is 0 Å². The van der Waals surface area contributed by atoms with Crippen molar-refractivity contribution in [3.63, 3.8) is 0 Å². The summed E-state index contributed by atoms with van der Waals surface area (Å²) in [7, 11) is 0. The van der Waals surface area contributed by atoms with Gasteiger partial charge < -0.3 is 28.4 Å². The first-order valence-corrected chi connectivity index (χ1v) is 9.97. The Bertz CT molecular complexity index is 646. The highest BCUT2D eigenvalue weighted by Gasteiger charge is 2.04. The molecule has 6 heteroatoms. The lowest BCUT2D eigenvalue weighted by molar-refractivity contribution is -0.0943. The summed E-state index contributed by atoms with van der Waals surface area (Å²) in [6.45, 7) is 8.69. The van der Waals surface area contributed by atoms with Gasteiger partial charge in [-0.1, -0.05) is 35.9 Å². The summed E-state index contributed by atoms with van der Waals surface area (Å²) in [6.07, 6.45) is -0.645. The van der Waals surface area contributed by atoms with Gasteiger partial charge in [0.25, 0.3) is 0 Å². The minimum Gasteiger partial charge on any atom is -0.465 e. The van der Waals surface area contributed by atoms with Gasteiger partial charge in [-0.05, 0) is 45.0 Å². The zero-order valence-electron chi connectivity index (χ0n) is 17.5. The average molecular weight is 405 g/mol. The van der Waals surface area contributed by atoms with E-state index in [1.165, 1.54) is 5.56 Å². The molecule has 0 saturated carbocycles. The van der Waals surface area contributed by atoms with Crippen LogP contribution in [0, 0.1) is 6.92 Å². The zero-order chi connectivity index (χ0) is 20.7. The van der Waals surface area contributed by atoms with Gasteiger partial charge in [-0.3, -0.25) is 0 Å². The molecule has 0 N–H and O–H groups in total. The van der Waals surface area contributed by atoms with E-state index in [0.717, 1.165) is 11.5 Å². The molecule has 0 saturated heterocycles. The van der Waals surface area contributed by atoms with Gasteiger partial charge >= 0.3 is 0 Å². The van der Waals surface area contributed by atoms with Crippen LogP contribution in [0.5, 0.6) is 11.5 Å². The second-order valence-electron chi connectivity index (χ2n) is 6.46. The molecule has 0 aliphatic carbocycles. The van der Waals surface area contributed by atoms with Crippen molar-refractivity contribution in [1.82, 2.24) is 0 Å². The first-order valence-electron chi connectivity index (χ1n) is 9.97. The van der Waals surface area contributed by atoms with E-state index in [9.17, 15) is 0 Å². The Morgan fingerprint density at radius 2 is 1.03 bits per heavy atom. The summed E-state index contributed by atoms with van der Waals surface area (Å²) in [6, 6.07) is 17.5. The van der Waals surface area contributed by atoms with Crippen LogP contribution in [0.2, 0.25) is 0 Å². The molecule has 0 heterocycles. The Labute approximate surface area is 173 Å². The highest BCUT2D eigenvalue weighted by Crippen LogP contribution is 2.13. The van der Waals surface area contributed by atoms with Crippen molar-refractivity contribution in [3.05, 3.63) is 60.2 Å². The van der Waals surface area contributed by atoms with E-state index in [1.54, 1.807) is 0 Å². The largest absolute Gasteiger partial charge is 0.465 e. The molecule has 0 aromatic heterocycles. The molecule has 0 aliphatic heterocycles. The number of ether oxygens (including phenoxy) is 6. The van der Waals surface area contributed by atoms with E-state index in [-0.39, 0.29) is 12.6 Å². The Morgan fingerprint density at radius 1 is 0.586 bits per heavy atom. The average Bonchev–Trinajstić information content (AvgIpc) is 2.72. The Hall–Kier alpha value is -2.12. The fourth-order valence-electron chi connectivity index (χ4n) is 2.44. The van der Waals surface area contributed by atoms with E-state index in [1.807, 2.05) is 75.4 Å². The van der Waals surface area contributed by atoms with Crippen LogP contribution < -0.4 is 9.47 Å². The van der Waals surface area contributed by atoms with Crippen LogP contribution in [0.3, 0.4) is 0 Å². The molecular formula is C23H32O6. The second kappa shape index (κ2) is 14.0. The van der Waals surface area contributed by atoms with E-state index >= 15 is 0 Å². The van der Waals surface area contributed by atoms with Crippen LogP contribution in [0.25, 0.3) is 0 Å². The van der Waals surface area contributed by atoms with Crippen LogP contribution in [-0.2, 0) is 18.9 Å². The highest BCUT2D eigenvalue weighted by atomic mass is 16.7. The van der Waals surface area contributed by atoms with E-state index in [4.69, 9.17) is 28.4 Å². The minimum atomic E-state index is -0.324. The predicted molar refractivity (Wildman–Crippen MR) is 111 cm³/mol. The van der Waals surface area contributed by atoms with Crippen molar-refractivity contribution in [1.29, 1.82) is 0 Å². The number of rotatable bonds is 15. The third kappa shape index (κ3) is 10.9. The van der Waals surface area contributed by atoms with Crippen molar-refractivity contribution >= 4 is 0 Å². The molecule has 2 unspecified atom stereocenters. The van der Waals surface area contributed by atoms with E-state index < -0.39 is 0 Å². The van der Waals surface area contributed by atoms with Crippen LogP contribution in [0.4, 0.5) is 0 Å². The smallest absolute Gasteiger partial charge is 0.197 e. The Morgan fingerprint density at radius 3 is 1.55 bits per heavy atom. The fourth-order valence-corrected chi connectivity index (χ4v) is 2.44. The highest BCUT2D eigenvalue weighted by molar-refractivity contribution is 5.26. The van der Waals surface area contributed by atoms with Gasteiger partial charge in [-0.25, -0.2) is 0 Å². The third-order valence-corrected chi connectivity index (χ3v) is 3.90. The van der Waals surface area contributed by atoms with E-state index in [2.05, 4.69) is 0 Å². The van der Waals surface area contributed by atoms with E-state index in [0.29, 0.717) is 39.6 Å². The Balaban J connectivity index is 1.38. The molecule has 0 radical (unpaired) electrons. The maximum atomic E-state index is 5.67. The molecule has 6 nitrogen and oxygen atoms in total. The lowest BCUT2D eigenvalue weighted by atomic mass is 10.2. The molecule has 0 fully saturated rings. The summed E-state index contributed by atoms with van der Waals surface area (Å²) in [5.41, 5.74) is 1.20. The van der Waals surface area contributed by atoms with Gasteiger partial charge in [-0.15, -0.1) is 0 Å². The van der Waals surface area contributed by atoms with Crippen molar-refractivity contribution in [2.45, 2.75) is 33.4 Å².